The summed E-state index contributed by atoms with van der Waals surface area (Å²) in [6.07, 6.45) is 0. The number of likely N-dealkylation sites (N-methyl/N-ethyl adjacent to an activating group) is 1. The SMILES string of the molecule is COc1cc2c(cc1OC)[C@H](C(=O)Nc1cc(OC)c(OC)c(OC)c1)[C@H](c1ccccc1F)N(C)C2=O. The first-order valence-corrected chi connectivity index (χ1v) is 11.7. The van der Waals surface area contributed by atoms with Crippen LogP contribution in [0.4, 0.5) is 10.1 Å². The largest absolute Gasteiger partial charge is 0.493 e. The van der Waals surface area contributed by atoms with E-state index in [1.54, 1.807) is 43.4 Å². The van der Waals surface area contributed by atoms with Crippen LogP contribution in [0.1, 0.15) is 33.4 Å². The average molecular weight is 525 g/mol. The number of carbonyl (C=O) groups excluding carboxylic acids is 2. The second-order valence-electron chi connectivity index (χ2n) is 8.56. The van der Waals surface area contributed by atoms with Gasteiger partial charge in [-0.15, -0.1) is 0 Å². The van der Waals surface area contributed by atoms with E-state index >= 15 is 4.39 Å². The summed E-state index contributed by atoms with van der Waals surface area (Å²) in [5.74, 6) is -0.697. The summed E-state index contributed by atoms with van der Waals surface area (Å²) < 4.78 is 42.1. The molecule has 4 rings (SSSR count). The lowest BCUT2D eigenvalue weighted by atomic mass is 9.79. The van der Waals surface area contributed by atoms with E-state index in [9.17, 15) is 9.59 Å². The number of anilines is 1. The van der Waals surface area contributed by atoms with Crippen molar-refractivity contribution < 1.29 is 37.7 Å². The van der Waals surface area contributed by atoms with E-state index in [2.05, 4.69) is 5.32 Å². The van der Waals surface area contributed by atoms with Crippen molar-refractivity contribution in [2.45, 2.75) is 12.0 Å². The fourth-order valence-corrected chi connectivity index (χ4v) is 4.81. The van der Waals surface area contributed by atoms with Gasteiger partial charge in [0.25, 0.3) is 5.91 Å². The van der Waals surface area contributed by atoms with E-state index in [1.165, 1.54) is 52.6 Å². The number of methoxy groups -OCH3 is 5. The van der Waals surface area contributed by atoms with Gasteiger partial charge in [-0.05, 0) is 23.8 Å². The number of nitrogens with zero attached hydrogens (tertiary/aromatic N) is 1. The van der Waals surface area contributed by atoms with Gasteiger partial charge < -0.3 is 33.9 Å². The molecule has 200 valence electrons. The number of nitrogens with one attached hydrogen (secondary N) is 1. The van der Waals surface area contributed by atoms with Crippen molar-refractivity contribution in [3.8, 4) is 28.7 Å². The van der Waals surface area contributed by atoms with Crippen LogP contribution in [0.5, 0.6) is 28.7 Å². The molecule has 0 saturated heterocycles. The van der Waals surface area contributed by atoms with Crippen molar-refractivity contribution >= 4 is 17.5 Å². The molecule has 2 atom stereocenters. The molecule has 1 aliphatic rings. The van der Waals surface area contributed by atoms with Gasteiger partial charge in [-0.25, -0.2) is 4.39 Å². The first-order valence-electron chi connectivity index (χ1n) is 11.7. The maximum absolute atomic E-state index is 15.1. The molecular weight excluding hydrogens is 495 g/mol. The maximum Gasteiger partial charge on any atom is 0.254 e. The number of rotatable bonds is 8. The van der Waals surface area contributed by atoms with Gasteiger partial charge in [0.05, 0.1) is 47.5 Å². The molecule has 1 aliphatic heterocycles. The highest BCUT2D eigenvalue weighted by atomic mass is 19.1. The molecular formula is C28H29FN2O7. The summed E-state index contributed by atoms with van der Waals surface area (Å²) in [5.41, 5.74) is 1.19. The third-order valence-electron chi connectivity index (χ3n) is 6.61. The van der Waals surface area contributed by atoms with E-state index < -0.39 is 23.7 Å². The smallest absolute Gasteiger partial charge is 0.254 e. The number of carbonyl (C=O) groups is 2. The highest BCUT2D eigenvalue weighted by Crippen LogP contribution is 2.47. The third kappa shape index (κ3) is 4.53. The lowest BCUT2D eigenvalue weighted by molar-refractivity contribution is -0.119. The second kappa shape index (κ2) is 10.9. The Bertz CT molecular complexity index is 1350. The van der Waals surface area contributed by atoms with Crippen molar-refractivity contribution in [2.24, 2.45) is 0 Å². The molecule has 0 spiro atoms. The molecule has 0 fully saturated rings. The monoisotopic (exact) mass is 524 g/mol. The molecule has 3 aromatic carbocycles. The minimum absolute atomic E-state index is 0.203. The van der Waals surface area contributed by atoms with Crippen molar-refractivity contribution in [3.63, 3.8) is 0 Å². The van der Waals surface area contributed by atoms with E-state index in [1.807, 2.05) is 0 Å². The van der Waals surface area contributed by atoms with Crippen molar-refractivity contribution in [1.29, 1.82) is 0 Å². The number of hydrogen-bond donors (Lipinski definition) is 1. The Morgan fingerprint density at radius 3 is 1.95 bits per heavy atom. The fraction of sp³-hybridized carbons (Fsp3) is 0.286. The predicted octanol–water partition coefficient (Wildman–Crippen LogP) is 4.42. The zero-order chi connectivity index (χ0) is 27.6. The van der Waals surface area contributed by atoms with Gasteiger partial charge in [0, 0.05) is 36.0 Å². The third-order valence-corrected chi connectivity index (χ3v) is 6.61. The second-order valence-corrected chi connectivity index (χ2v) is 8.56. The molecule has 0 unspecified atom stereocenters. The number of fused-ring (bicyclic) bond motifs is 1. The molecule has 0 radical (unpaired) electrons. The van der Waals surface area contributed by atoms with Crippen LogP contribution in [0.3, 0.4) is 0 Å². The van der Waals surface area contributed by atoms with Gasteiger partial charge >= 0.3 is 0 Å². The van der Waals surface area contributed by atoms with Crippen LogP contribution in [0.25, 0.3) is 0 Å². The van der Waals surface area contributed by atoms with Crippen LogP contribution in [-0.2, 0) is 4.79 Å². The van der Waals surface area contributed by atoms with Gasteiger partial charge in [-0.1, -0.05) is 18.2 Å². The summed E-state index contributed by atoms with van der Waals surface area (Å²) >= 11 is 0. The predicted molar refractivity (Wildman–Crippen MR) is 138 cm³/mol. The number of amides is 2. The van der Waals surface area contributed by atoms with E-state index in [4.69, 9.17) is 23.7 Å². The van der Waals surface area contributed by atoms with Crippen molar-refractivity contribution in [2.75, 3.05) is 47.9 Å². The van der Waals surface area contributed by atoms with Crippen LogP contribution in [-0.4, -0.2) is 59.3 Å². The zero-order valence-electron chi connectivity index (χ0n) is 22.0. The summed E-state index contributed by atoms with van der Waals surface area (Å²) in [5, 5.41) is 2.89. The standard InChI is InChI=1S/C28H29FN2O7/c1-31-25(16-9-7-8-10-19(16)29)24(17-13-20(34-2)21(35-3)14-18(17)28(31)33)27(32)30-15-11-22(36-4)26(38-6)23(12-15)37-5/h7-14,24-25H,1-6H3,(H,30,32)/t24-,25-/m0/s1. The maximum atomic E-state index is 15.1. The Kier molecular flexibility index (Phi) is 7.61. The highest BCUT2D eigenvalue weighted by molar-refractivity contribution is 6.05. The quantitative estimate of drug-likeness (QED) is 0.466. The Morgan fingerprint density at radius 1 is 0.816 bits per heavy atom. The number of ether oxygens (including phenoxy) is 5. The summed E-state index contributed by atoms with van der Waals surface area (Å²) in [6.45, 7) is 0. The van der Waals surface area contributed by atoms with E-state index in [0.717, 1.165) is 0 Å². The number of halogens is 1. The van der Waals surface area contributed by atoms with Gasteiger partial charge in [0.15, 0.2) is 23.0 Å². The minimum atomic E-state index is -1.01. The molecule has 0 aliphatic carbocycles. The molecule has 38 heavy (non-hydrogen) atoms. The fourth-order valence-electron chi connectivity index (χ4n) is 4.81. The van der Waals surface area contributed by atoms with E-state index in [0.29, 0.717) is 40.0 Å². The Morgan fingerprint density at radius 2 is 1.39 bits per heavy atom. The van der Waals surface area contributed by atoms with Crippen molar-refractivity contribution in [3.05, 3.63) is 71.0 Å². The van der Waals surface area contributed by atoms with Crippen LogP contribution >= 0.6 is 0 Å². The average Bonchev–Trinajstić information content (AvgIpc) is 2.93. The van der Waals surface area contributed by atoms with Crippen molar-refractivity contribution in [1.82, 2.24) is 4.90 Å². The molecule has 9 nitrogen and oxygen atoms in total. The van der Waals surface area contributed by atoms with Crippen LogP contribution in [0, 0.1) is 5.82 Å². The lowest BCUT2D eigenvalue weighted by Crippen LogP contribution is -2.44. The first-order chi connectivity index (χ1) is 18.3. The van der Waals surface area contributed by atoms with Crippen LogP contribution in [0.15, 0.2) is 48.5 Å². The Labute approximate surface area is 220 Å². The van der Waals surface area contributed by atoms with Gasteiger partial charge in [0.2, 0.25) is 11.7 Å². The first kappa shape index (κ1) is 26.6. The molecule has 0 aromatic heterocycles. The molecule has 1 heterocycles. The molecule has 0 bridgehead atoms. The Hall–Kier alpha value is -4.47. The molecule has 10 heteroatoms. The molecule has 2 amide bonds. The number of hydrogen-bond acceptors (Lipinski definition) is 7. The topological polar surface area (TPSA) is 95.6 Å². The Balaban J connectivity index is 1.89. The zero-order valence-corrected chi connectivity index (χ0v) is 22.0. The normalized spacial score (nSPS) is 16.4. The van der Waals surface area contributed by atoms with Crippen LogP contribution < -0.4 is 29.0 Å². The summed E-state index contributed by atoms with van der Waals surface area (Å²) in [4.78, 5) is 28.9. The molecule has 3 aromatic rings. The van der Waals surface area contributed by atoms with Gasteiger partial charge in [0.1, 0.15) is 5.82 Å². The molecule has 0 saturated carbocycles. The number of benzene rings is 3. The van der Waals surface area contributed by atoms with Gasteiger partial charge in [-0.2, -0.15) is 0 Å². The summed E-state index contributed by atoms with van der Waals surface area (Å²) in [7, 11) is 8.87. The lowest BCUT2D eigenvalue weighted by Gasteiger charge is -2.40. The minimum Gasteiger partial charge on any atom is -0.493 e. The van der Waals surface area contributed by atoms with Gasteiger partial charge in [-0.3, -0.25) is 9.59 Å². The molecule has 1 N–H and O–H groups in total. The van der Waals surface area contributed by atoms with Crippen LogP contribution in [0.2, 0.25) is 0 Å². The highest BCUT2D eigenvalue weighted by Gasteiger charge is 2.44. The van der Waals surface area contributed by atoms with E-state index in [-0.39, 0.29) is 17.0 Å². The summed E-state index contributed by atoms with van der Waals surface area (Å²) in [6, 6.07) is 11.4.